The Morgan fingerprint density at radius 3 is 2.32 bits per heavy atom. The fourth-order valence-electron chi connectivity index (χ4n) is 2.53. The van der Waals surface area contributed by atoms with Crippen LogP contribution in [0.5, 0.6) is 0 Å². The van der Waals surface area contributed by atoms with E-state index in [-0.39, 0.29) is 17.8 Å². The summed E-state index contributed by atoms with van der Waals surface area (Å²) in [5.41, 5.74) is -0.320. The van der Waals surface area contributed by atoms with Gasteiger partial charge in [-0.3, -0.25) is 0 Å². The third kappa shape index (κ3) is 3.42. The minimum absolute atomic E-state index is 0.170. The topological polar surface area (TPSA) is 15.3 Å². The van der Waals surface area contributed by atoms with Crippen molar-refractivity contribution in [3.8, 4) is 0 Å². The van der Waals surface area contributed by atoms with Crippen molar-refractivity contribution < 1.29 is 13.2 Å². The van der Waals surface area contributed by atoms with E-state index in [9.17, 15) is 13.2 Å². The molecule has 1 heterocycles. The predicted octanol–water partition coefficient (Wildman–Crippen LogP) is 3.65. The zero-order valence-electron chi connectivity index (χ0n) is 10.8. The van der Waals surface area contributed by atoms with E-state index in [1.807, 2.05) is 13.8 Å². The van der Waals surface area contributed by atoms with E-state index in [4.69, 9.17) is 0 Å². The molecule has 2 rings (SSSR count). The van der Waals surface area contributed by atoms with E-state index in [1.165, 1.54) is 6.07 Å². The second-order valence-corrected chi connectivity index (χ2v) is 5.95. The highest BCUT2D eigenvalue weighted by Gasteiger charge is 2.36. The zero-order chi connectivity index (χ0) is 14.2. The van der Waals surface area contributed by atoms with Gasteiger partial charge in [-0.05, 0) is 32.0 Å². The van der Waals surface area contributed by atoms with E-state index in [2.05, 4.69) is 21.2 Å². The monoisotopic (exact) mass is 336 g/mol. The Morgan fingerprint density at radius 1 is 1.21 bits per heavy atom. The van der Waals surface area contributed by atoms with Crippen molar-refractivity contribution in [1.82, 2.24) is 5.32 Å². The highest BCUT2D eigenvalue weighted by molar-refractivity contribution is 9.10. The van der Waals surface area contributed by atoms with Crippen molar-refractivity contribution in [3.63, 3.8) is 0 Å². The van der Waals surface area contributed by atoms with Gasteiger partial charge in [0, 0.05) is 29.6 Å². The maximum Gasteiger partial charge on any atom is 0.418 e. The van der Waals surface area contributed by atoms with Gasteiger partial charge in [-0.2, -0.15) is 13.2 Å². The van der Waals surface area contributed by atoms with Crippen molar-refractivity contribution in [2.45, 2.75) is 32.1 Å². The van der Waals surface area contributed by atoms with Crippen LogP contribution in [0.4, 0.5) is 18.9 Å². The second-order valence-electron chi connectivity index (χ2n) is 5.03. The smallest absolute Gasteiger partial charge is 0.368 e. The van der Waals surface area contributed by atoms with Crippen LogP contribution in [0.1, 0.15) is 19.4 Å². The summed E-state index contributed by atoms with van der Waals surface area (Å²) in [6.07, 6.45) is -4.33. The zero-order valence-corrected chi connectivity index (χ0v) is 12.3. The highest BCUT2D eigenvalue weighted by atomic mass is 79.9. The maximum atomic E-state index is 13.1. The molecule has 1 aliphatic rings. The molecule has 1 fully saturated rings. The third-order valence-electron chi connectivity index (χ3n) is 3.16. The fourth-order valence-corrected chi connectivity index (χ4v) is 2.88. The summed E-state index contributed by atoms with van der Waals surface area (Å²) < 4.78 is 39.9. The highest BCUT2D eigenvalue weighted by Crippen LogP contribution is 2.38. The van der Waals surface area contributed by atoms with Crippen LogP contribution in [0.2, 0.25) is 0 Å². The molecule has 0 bridgehead atoms. The Kier molecular flexibility index (Phi) is 4.11. The Morgan fingerprint density at radius 2 is 1.79 bits per heavy atom. The summed E-state index contributed by atoms with van der Waals surface area (Å²) in [6.45, 7) is 5.11. The number of hydrogen-bond acceptors (Lipinski definition) is 2. The van der Waals surface area contributed by atoms with Gasteiger partial charge in [0.2, 0.25) is 0 Å². The molecule has 0 spiro atoms. The fraction of sp³-hybridized carbons (Fsp3) is 0.538. The van der Waals surface area contributed by atoms with Crippen molar-refractivity contribution in [3.05, 3.63) is 28.2 Å². The number of piperazine rings is 1. The third-order valence-corrected chi connectivity index (χ3v) is 3.66. The SMILES string of the molecule is CC1CN(c2cc(Br)ccc2C(F)(F)F)CC(C)N1. The van der Waals surface area contributed by atoms with Crippen molar-refractivity contribution in [2.75, 3.05) is 18.0 Å². The van der Waals surface area contributed by atoms with Gasteiger partial charge in [0.05, 0.1) is 11.3 Å². The summed E-state index contributed by atoms with van der Waals surface area (Å²) in [4.78, 5) is 1.80. The first-order chi connectivity index (χ1) is 8.77. The van der Waals surface area contributed by atoms with Crippen LogP contribution in [0.25, 0.3) is 0 Å². The normalized spacial score (nSPS) is 24.6. The lowest BCUT2D eigenvalue weighted by molar-refractivity contribution is -0.137. The largest absolute Gasteiger partial charge is 0.418 e. The molecular formula is C13H16BrF3N2. The lowest BCUT2D eigenvalue weighted by atomic mass is 10.1. The molecule has 1 saturated heterocycles. The number of halogens is 4. The van der Waals surface area contributed by atoms with Crippen molar-refractivity contribution in [1.29, 1.82) is 0 Å². The van der Waals surface area contributed by atoms with Crippen LogP contribution in [0, 0.1) is 0 Å². The van der Waals surface area contributed by atoms with E-state index in [1.54, 1.807) is 11.0 Å². The molecule has 19 heavy (non-hydrogen) atoms. The first-order valence-corrected chi connectivity index (χ1v) is 6.94. The van der Waals surface area contributed by atoms with Crippen LogP contribution >= 0.6 is 15.9 Å². The van der Waals surface area contributed by atoms with Crippen LogP contribution < -0.4 is 10.2 Å². The maximum absolute atomic E-state index is 13.1. The quantitative estimate of drug-likeness (QED) is 0.842. The Bertz CT molecular complexity index is 452. The Labute approximate surface area is 119 Å². The van der Waals surface area contributed by atoms with Crippen LogP contribution in [-0.2, 0) is 6.18 Å². The van der Waals surface area contributed by atoms with E-state index < -0.39 is 11.7 Å². The molecular weight excluding hydrogens is 321 g/mol. The van der Waals surface area contributed by atoms with Gasteiger partial charge >= 0.3 is 6.18 Å². The molecule has 0 aromatic heterocycles. The van der Waals surface area contributed by atoms with E-state index in [0.717, 1.165) is 6.07 Å². The van der Waals surface area contributed by atoms with Gasteiger partial charge < -0.3 is 10.2 Å². The summed E-state index contributed by atoms with van der Waals surface area (Å²) in [5.74, 6) is 0. The van der Waals surface area contributed by atoms with Gasteiger partial charge in [-0.1, -0.05) is 15.9 Å². The van der Waals surface area contributed by atoms with Gasteiger partial charge in [0.1, 0.15) is 0 Å². The first kappa shape index (κ1) is 14.7. The van der Waals surface area contributed by atoms with Gasteiger partial charge in [0.25, 0.3) is 0 Å². The molecule has 0 radical (unpaired) electrons. The van der Waals surface area contributed by atoms with Gasteiger partial charge in [0.15, 0.2) is 0 Å². The number of nitrogens with one attached hydrogen (secondary N) is 1. The Hall–Kier alpha value is -0.750. The van der Waals surface area contributed by atoms with Gasteiger partial charge in [-0.15, -0.1) is 0 Å². The number of benzene rings is 1. The second kappa shape index (κ2) is 5.32. The van der Waals surface area contributed by atoms with Crippen LogP contribution in [0.3, 0.4) is 0 Å². The predicted molar refractivity (Wildman–Crippen MR) is 73.4 cm³/mol. The minimum Gasteiger partial charge on any atom is -0.368 e. The molecule has 0 saturated carbocycles. The number of anilines is 1. The van der Waals surface area contributed by atoms with Crippen molar-refractivity contribution >= 4 is 21.6 Å². The van der Waals surface area contributed by atoms with E-state index >= 15 is 0 Å². The molecule has 0 aliphatic carbocycles. The van der Waals surface area contributed by atoms with E-state index in [0.29, 0.717) is 17.6 Å². The standard InChI is InChI=1S/C13H16BrF3N2/c1-8-6-19(7-9(2)18-8)12-5-10(14)3-4-11(12)13(15,16)17/h3-5,8-9,18H,6-7H2,1-2H3. The molecule has 1 aromatic rings. The summed E-state index contributed by atoms with van der Waals surface area (Å²) in [7, 11) is 0. The van der Waals surface area contributed by atoms with Gasteiger partial charge in [-0.25, -0.2) is 0 Å². The first-order valence-electron chi connectivity index (χ1n) is 6.15. The lowest BCUT2D eigenvalue weighted by Crippen LogP contribution is -2.54. The number of nitrogens with zero attached hydrogens (tertiary/aromatic N) is 1. The molecule has 2 atom stereocenters. The van der Waals surface area contributed by atoms with Crippen LogP contribution in [0.15, 0.2) is 22.7 Å². The molecule has 6 heteroatoms. The Balaban J connectivity index is 2.40. The average Bonchev–Trinajstić information content (AvgIpc) is 2.25. The molecule has 2 unspecified atom stereocenters. The average molecular weight is 337 g/mol. The molecule has 2 nitrogen and oxygen atoms in total. The number of rotatable bonds is 1. The van der Waals surface area contributed by atoms with Crippen LogP contribution in [-0.4, -0.2) is 25.2 Å². The minimum atomic E-state index is -4.33. The molecule has 106 valence electrons. The van der Waals surface area contributed by atoms with Crippen molar-refractivity contribution in [2.24, 2.45) is 0 Å². The molecule has 0 amide bonds. The lowest BCUT2D eigenvalue weighted by Gasteiger charge is -2.38. The summed E-state index contributed by atoms with van der Waals surface area (Å²) in [5, 5.41) is 3.32. The summed E-state index contributed by atoms with van der Waals surface area (Å²) in [6, 6.07) is 4.46. The number of hydrogen-bond donors (Lipinski definition) is 1. The number of alkyl halides is 3. The summed E-state index contributed by atoms with van der Waals surface area (Å²) >= 11 is 3.25. The molecule has 1 aliphatic heterocycles. The molecule has 1 aromatic carbocycles. The molecule has 1 N–H and O–H groups in total.